The number of rotatable bonds is 3. The van der Waals surface area contributed by atoms with Crippen LogP contribution in [0.4, 0.5) is 0 Å². The number of imidazole rings is 1. The Morgan fingerprint density at radius 1 is 1.71 bits per heavy atom. The molecule has 1 aromatic rings. The molecular formula is C10H13N5O2. The van der Waals surface area contributed by atoms with Crippen LogP contribution in [-0.4, -0.2) is 23.2 Å². The van der Waals surface area contributed by atoms with Crippen LogP contribution in [0.15, 0.2) is 23.7 Å². The summed E-state index contributed by atoms with van der Waals surface area (Å²) in [5.74, 6) is -0.200. The number of hydrogen-bond donors (Lipinski definition) is 0. The van der Waals surface area contributed by atoms with Gasteiger partial charge < -0.3 is 15.1 Å². The van der Waals surface area contributed by atoms with Gasteiger partial charge in [-0.25, -0.2) is 13.9 Å². The van der Waals surface area contributed by atoms with E-state index in [1.54, 1.807) is 11.5 Å². The van der Waals surface area contributed by atoms with Crippen molar-refractivity contribution in [2.24, 2.45) is 12.0 Å². The first-order valence-corrected chi connectivity index (χ1v) is 4.78. The van der Waals surface area contributed by atoms with Crippen LogP contribution in [0.2, 0.25) is 0 Å². The van der Waals surface area contributed by atoms with E-state index >= 15 is 0 Å². The van der Waals surface area contributed by atoms with Crippen molar-refractivity contribution >= 4 is 12.0 Å². The topological polar surface area (TPSA) is 93.6 Å². The lowest BCUT2D eigenvalue weighted by Gasteiger charge is -1.97. The molecule has 7 heteroatoms. The summed E-state index contributed by atoms with van der Waals surface area (Å²) < 4.78 is 8.44. The van der Waals surface area contributed by atoms with Gasteiger partial charge in [0.15, 0.2) is 6.54 Å². The van der Waals surface area contributed by atoms with Crippen molar-refractivity contribution in [2.45, 2.75) is 13.5 Å². The van der Waals surface area contributed by atoms with Crippen LogP contribution in [0.5, 0.6) is 0 Å². The van der Waals surface area contributed by atoms with Gasteiger partial charge in [-0.3, -0.25) is 0 Å². The van der Waals surface area contributed by atoms with Crippen LogP contribution < -0.4 is 4.57 Å². The maximum absolute atomic E-state index is 11.0. The molecule has 90 valence electrons. The summed E-state index contributed by atoms with van der Waals surface area (Å²) in [6, 6.07) is 1.28. The van der Waals surface area contributed by atoms with Crippen LogP contribution in [-0.2, 0) is 23.1 Å². The van der Waals surface area contributed by atoms with E-state index in [0.717, 1.165) is 0 Å². The van der Waals surface area contributed by atoms with Crippen molar-refractivity contribution in [3.8, 4) is 6.19 Å². The van der Waals surface area contributed by atoms with Crippen molar-refractivity contribution < 1.29 is 14.1 Å². The van der Waals surface area contributed by atoms with Gasteiger partial charge in [0.2, 0.25) is 6.33 Å². The van der Waals surface area contributed by atoms with E-state index < -0.39 is 0 Å². The van der Waals surface area contributed by atoms with Crippen LogP contribution in [0, 0.1) is 11.5 Å². The molecule has 1 heterocycles. The molecule has 7 nitrogen and oxygen atoms in total. The first kappa shape index (κ1) is 14.6. The molecule has 0 aliphatic heterocycles. The second-order valence-electron chi connectivity index (χ2n) is 2.87. The van der Waals surface area contributed by atoms with Gasteiger partial charge in [-0.2, -0.15) is 5.26 Å². The highest BCUT2D eigenvalue weighted by Gasteiger charge is 2.07. The molecule has 1 aromatic heterocycles. The summed E-state index contributed by atoms with van der Waals surface area (Å²) in [7, 11) is 1.90. The molecule has 0 N–H and O–H groups in total. The minimum Gasteiger partial charge on any atom is -0.463 e. The van der Waals surface area contributed by atoms with Gasteiger partial charge in [0, 0.05) is 0 Å². The van der Waals surface area contributed by atoms with E-state index in [0.29, 0.717) is 6.61 Å². The molecule has 0 atom stereocenters. The molecule has 0 bridgehead atoms. The number of hydrogen-bond acceptors (Lipinski definition) is 4. The Bertz CT molecular complexity index is 440. The highest BCUT2D eigenvalue weighted by molar-refractivity contribution is 5.69. The number of carbonyl (C=O) groups excluding carboxylic acids is 1. The van der Waals surface area contributed by atoms with Crippen LogP contribution >= 0.6 is 0 Å². The average Bonchev–Trinajstić information content (AvgIpc) is 2.66. The zero-order valence-electron chi connectivity index (χ0n) is 9.70. The number of aryl methyl sites for hydroxylation is 1. The summed E-state index contributed by atoms with van der Waals surface area (Å²) in [6.07, 6.45) is 6.82. The van der Waals surface area contributed by atoms with Crippen LogP contribution in [0.3, 0.4) is 0 Å². The van der Waals surface area contributed by atoms with Crippen LogP contribution in [0.25, 0.3) is 5.41 Å². The van der Waals surface area contributed by atoms with Crippen molar-refractivity contribution in [2.75, 3.05) is 6.61 Å². The lowest BCUT2D eigenvalue weighted by molar-refractivity contribution is -0.671. The quantitative estimate of drug-likeness (QED) is 0.321. The first-order valence-electron chi connectivity index (χ1n) is 4.78. The van der Waals surface area contributed by atoms with E-state index in [9.17, 15) is 4.79 Å². The van der Waals surface area contributed by atoms with Crippen molar-refractivity contribution in [3.63, 3.8) is 0 Å². The first-order chi connectivity index (χ1) is 8.13. The monoisotopic (exact) mass is 235 g/mol. The zero-order chi connectivity index (χ0) is 13.1. The molecule has 0 saturated heterocycles. The highest BCUT2D eigenvalue weighted by Crippen LogP contribution is 1.86. The van der Waals surface area contributed by atoms with Gasteiger partial charge in [0.1, 0.15) is 12.4 Å². The number of esters is 1. The predicted octanol–water partition coefficient (Wildman–Crippen LogP) is 0.0865. The number of nitriles is 1. The fourth-order valence-electron chi connectivity index (χ4n) is 0.973. The fraction of sp³-hybridized carbons (Fsp3) is 0.400. The minimum atomic E-state index is -0.200. The molecule has 17 heavy (non-hydrogen) atoms. The Balaban J connectivity index is 0.000000437. The number of aromatic nitrogens is 2. The Morgan fingerprint density at radius 2 is 2.41 bits per heavy atom. The van der Waals surface area contributed by atoms with Crippen molar-refractivity contribution in [1.29, 1.82) is 5.26 Å². The maximum atomic E-state index is 11.0. The lowest BCUT2D eigenvalue weighted by Crippen LogP contribution is -2.24. The number of nitrogens with zero attached hydrogens (tertiary/aromatic N) is 5. The van der Waals surface area contributed by atoms with Crippen molar-refractivity contribution in [1.82, 2.24) is 4.57 Å². The summed E-state index contributed by atoms with van der Waals surface area (Å²) in [5, 5.41) is 14.9. The van der Waals surface area contributed by atoms with E-state index in [-0.39, 0.29) is 12.5 Å². The lowest BCUT2D eigenvalue weighted by atomic mass is 10.6. The zero-order valence-corrected chi connectivity index (χ0v) is 9.70. The molecule has 0 aliphatic rings. The summed E-state index contributed by atoms with van der Waals surface area (Å²) in [4.78, 5) is 13.6. The third-order valence-electron chi connectivity index (χ3n) is 1.54. The Morgan fingerprint density at radius 3 is 2.76 bits per heavy atom. The molecule has 0 amide bonds. The standard InChI is InChI=1S/C8H13N2O2.C2N3/c1-3-12-8(11)6-10-5-4-9(2)7-10;3-1-5-2-4/h4-5,7H,3,6H2,1-2H3;/q+1;-1. The Hall–Kier alpha value is -2.45. The molecule has 0 radical (unpaired) electrons. The van der Waals surface area contributed by atoms with E-state index in [4.69, 9.17) is 15.4 Å². The SMILES string of the molecule is CCOC(=O)Cn1cc[n+](C)c1.N#CN=C=[N-]. The fourth-order valence-corrected chi connectivity index (χ4v) is 0.973. The van der Waals surface area contributed by atoms with Gasteiger partial charge in [-0.05, 0) is 6.92 Å². The molecule has 1 rings (SSSR count). The molecule has 0 spiro atoms. The third kappa shape index (κ3) is 7.48. The summed E-state index contributed by atoms with van der Waals surface area (Å²) >= 11 is 0. The Labute approximate surface area is 99.1 Å². The Kier molecular flexibility index (Phi) is 7.55. The number of ether oxygens (including phenoxy) is 1. The van der Waals surface area contributed by atoms with E-state index in [2.05, 4.69) is 4.99 Å². The average molecular weight is 235 g/mol. The second kappa shape index (κ2) is 8.83. The van der Waals surface area contributed by atoms with Gasteiger partial charge in [0.25, 0.3) is 0 Å². The summed E-state index contributed by atoms with van der Waals surface area (Å²) in [5.41, 5.74) is 0. The van der Waals surface area contributed by atoms with Crippen LogP contribution in [0.1, 0.15) is 6.92 Å². The largest absolute Gasteiger partial charge is 0.463 e. The molecule has 0 aromatic carbocycles. The molecule has 0 aliphatic carbocycles. The summed E-state index contributed by atoms with van der Waals surface area (Å²) in [6.45, 7) is 2.52. The van der Waals surface area contributed by atoms with E-state index in [1.165, 1.54) is 12.2 Å². The predicted molar refractivity (Wildman–Crippen MR) is 58.6 cm³/mol. The van der Waals surface area contributed by atoms with Gasteiger partial charge >= 0.3 is 5.97 Å². The normalized spacial score (nSPS) is 8.06. The van der Waals surface area contributed by atoms with Gasteiger partial charge in [-0.1, -0.05) is 0 Å². The highest BCUT2D eigenvalue weighted by atomic mass is 16.5. The van der Waals surface area contributed by atoms with Gasteiger partial charge in [0.05, 0.1) is 19.8 Å². The van der Waals surface area contributed by atoms with E-state index in [1.807, 2.05) is 30.3 Å². The molecule has 0 saturated carbocycles. The number of aliphatic imine (C=N–C) groups is 1. The smallest absolute Gasteiger partial charge is 0.348 e. The minimum absolute atomic E-state index is 0.200. The molecular weight excluding hydrogens is 222 g/mol. The molecule has 0 unspecified atom stereocenters. The maximum Gasteiger partial charge on any atom is 0.348 e. The second-order valence-corrected chi connectivity index (χ2v) is 2.87. The third-order valence-corrected chi connectivity index (χ3v) is 1.54. The molecule has 0 fully saturated rings. The number of carbonyl (C=O) groups is 1. The van der Waals surface area contributed by atoms with Gasteiger partial charge in [-0.15, -0.1) is 6.01 Å². The van der Waals surface area contributed by atoms with Crippen molar-refractivity contribution in [3.05, 3.63) is 24.1 Å².